The number of carbonyl (C=O) groups excluding carboxylic acids is 1. The smallest absolute Gasteiger partial charge is 0.293 e. The lowest BCUT2D eigenvalue weighted by Crippen LogP contribution is -2.41. The van der Waals surface area contributed by atoms with E-state index < -0.39 is 4.92 Å². The maximum absolute atomic E-state index is 12.1. The van der Waals surface area contributed by atoms with Gasteiger partial charge in [-0.1, -0.05) is 6.07 Å². The van der Waals surface area contributed by atoms with E-state index in [-0.39, 0.29) is 18.1 Å². The van der Waals surface area contributed by atoms with Gasteiger partial charge in [-0.25, -0.2) is 0 Å². The van der Waals surface area contributed by atoms with Crippen LogP contribution >= 0.6 is 0 Å². The van der Waals surface area contributed by atoms with Gasteiger partial charge in [0.25, 0.3) is 5.69 Å². The van der Waals surface area contributed by atoms with Gasteiger partial charge in [-0.05, 0) is 25.0 Å². The normalized spacial score (nSPS) is 15.7. The number of carbonyl (C=O) groups is 1. The molecule has 21 heavy (non-hydrogen) atoms. The highest BCUT2D eigenvalue weighted by Crippen LogP contribution is 2.30. The monoisotopic (exact) mass is 293 g/mol. The van der Waals surface area contributed by atoms with Crippen LogP contribution in [0.25, 0.3) is 0 Å². The molecule has 0 radical (unpaired) electrons. The van der Waals surface area contributed by atoms with Gasteiger partial charge in [0.1, 0.15) is 5.69 Å². The van der Waals surface area contributed by atoms with Crippen LogP contribution in [0.4, 0.5) is 11.4 Å². The van der Waals surface area contributed by atoms with Crippen molar-refractivity contribution in [3.63, 3.8) is 0 Å². The van der Waals surface area contributed by atoms with Crippen molar-refractivity contribution in [1.82, 2.24) is 4.90 Å². The molecule has 0 atom stereocenters. The van der Waals surface area contributed by atoms with E-state index in [0.717, 1.165) is 11.1 Å². The number of nitrogens with one attached hydrogen (secondary N) is 1. The zero-order valence-corrected chi connectivity index (χ0v) is 12.2. The van der Waals surface area contributed by atoms with Crippen molar-refractivity contribution in [1.29, 1.82) is 0 Å². The minimum atomic E-state index is -0.475. The Balaban J connectivity index is 2.12. The number of benzene rings is 1. The highest BCUT2D eigenvalue weighted by atomic mass is 16.6. The molecule has 0 bridgehead atoms. The maximum Gasteiger partial charge on any atom is 0.293 e. The van der Waals surface area contributed by atoms with Gasteiger partial charge in [0.15, 0.2) is 0 Å². The molecule has 1 aromatic carbocycles. The number of nitro groups is 1. The summed E-state index contributed by atoms with van der Waals surface area (Å²) in [5.41, 5.74) is 1.84. The first kappa shape index (κ1) is 15.4. The fourth-order valence-electron chi connectivity index (χ4n) is 2.25. The van der Waals surface area contributed by atoms with Crippen molar-refractivity contribution >= 4 is 17.3 Å². The zero-order valence-electron chi connectivity index (χ0n) is 12.2. The number of morpholine rings is 1. The summed E-state index contributed by atoms with van der Waals surface area (Å²) < 4.78 is 5.22. The lowest BCUT2D eigenvalue weighted by Gasteiger charge is -2.25. The Labute approximate surface area is 123 Å². The topological polar surface area (TPSA) is 84.7 Å². The first-order valence-corrected chi connectivity index (χ1v) is 6.83. The van der Waals surface area contributed by atoms with Crippen LogP contribution in [0.5, 0.6) is 0 Å². The summed E-state index contributed by atoms with van der Waals surface area (Å²) in [5, 5.41) is 13.8. The van der Waals surface area contributed by atoms with Crippen molar-refractivity contribution in [2.75, 3.05) is 38.2 Å². The van der Waals surface area contributed by atoms with E-state index >= 15 is 0 Å². The molecular weight excluding hydrogens is 274 g/mol. The first-order chi connectivity index (χ1) is 9.99. The number of anilines is 1. The maximum atomic E-state index is 12.1. The number of hydrogen-bond acceptors (Lipinski definition) is 5. The summed E-state index contributed by atoms with van der Waals surface area (Å²) in [6.07, 6.45) is 0. The number of nitro benzene ring substituents is 1. The molecule has 1 aliphatic rings. The van der Waals surface area contributed by atoms with Gasteiger partial charge in [0.2, 0.25) is 5.91 Å². The molecule has 0 saturated carbocycles. The number of rotatable bonds is 4. The number of amides is 1. The quantitative estimate of drug-likeness (QED) is 0.671. The molecule has 1 aromatic rings. The molecule has 1 fully saturated rings. The number of nitrogens with zero attached hydrogens (tertiary/aromatic N) is 2. The fraction of sp³-hybridized carbons (Fsp3) is 0.500. The van der Waals surface area contributed by atoms with E-state index in [0.29, 0.717) is 32.0 Å². The number of hydrogen-bond donors (Lipinski definition) is 1. The third kappa shape index (κ3) is 3.77. The van der Waals surface area contributed by atoms with Gasteiger partial charge in [-0.2, -0.15) is 0 Å². The number of aryl methyl sites for hydroxylation is 1. The minimum absolute atomic E-state index is 0.0755. The Bertz CT molecular complexity index is 553. The molecular formula is C14H19N3O4. The summed E-state index contributed by atoms with van der Waals surface area (Å²) in [7, 11) is 0. The summed E-state index contributed by atoms with van der Waals surface area (Å²) in [6, 6.07) is 3.11. The van der Waals surface area contributed by atoms with Gasteiger partial charge in [-0.3, -0.25) is 19.8 Å². The standard InChI is InChI=1S/C14H19N3O4/c1-10-3-4-12(17(19)20)14(11(10)2)15-13(18)9-16-5-7-21-8-6-16/h3-4H,5-9H2,1-2H3,(H,15,18). The summed E-state index contributed by atoms with van der Waals surface area (Å²) >= 11 is 0. The molecule has 1 N–H and O–H groups in total. The highest BCUT2D eigenvalue weighted by Gasteiger charge is 2.21. The highest BCUT2D eigenvalue weighted by molar-refractivity contribution is 5.95. The van der Waals surface area contributed by atoms with E-state index in [4.69, 9.17) is 4.74 Å². The van der Waals surface area contributed by atoms with E-state index in [1.165, 1.54) is 6.07 Å². The number of ether oxygens (including phenoxy) is 1. The summed E-state index contributed by atoms with van der Waals surface area (Å²) in [6.45, 7) is 6.45. The van der Waals surface area contributed by atoms with Crippen LogP contribution in [-0.4, -0.2) is 48.6 Å². The van der Waals surface area contributed by atoms with Crippen LogP contribution in [0.2, 0.25) is 0 Å². The van der Waals surface area contributed by atoms with Crippen molar-refractivity contribution in [2.24, 2.45) is 0 Å². The largest absolute Gasteiger partial charge is 0.379 e. The van der Waals surface area contributed by atoms with Crippen molar-refractivity contribution in [2.45, 2.75) is 13.8 Å². The molecule has 0 aliphatic carbocycles. The molecule has 7 heteroatoms. The van der Waals surface area contributed by atoms with Crippen LogP contribution in [0, 0.1) is 24.0 Å². The molecule has 114 valence electrons. The minimum Gasteiger partial charge on any atom is -0.379 e. The second kappa shape index (κ2) is 6.64. The first-order valence-electron chi connectivity index (χ1n) is 6.83. The van der Waals surface area contributed by atoms with Crippen molar-refractivity contribution in [3.8, 4) is 0 Å². The lowest BCUT2D eigenvalue weighted by molar-refractivity contribution is -0.384. The molecule has 1 saturated heterocycles. The Hall–Kier alpha value is -1.99. The third-order valence-electron chi connectivity index (χ3n) is 3.65. The van der Waals surface area contributed by atoms with Gasteiger partial charge in [0.05, 0.1) is 24.7 Å². The van der Waals surface area contributed by atoms with Gasteiger partial charge in [0, 0.05) is 19.2 Å². The van der Waals surface area contributed by atoms with Crippen LogP contribution < -0.4 is 5.32 Å². The molecule has 2 rings (SSSR count). The summed E-state index contributed by atoms with van der Waals surface area (Å²) in [5.74, 6) is -0.242. The second-order valence-electron chi connectivity index (χ2n) is 5.10. The Morgan fingerprint density at radius 2 is 2.05 bits per heavy atom. The molecule has 0 aromatic heterocycles. The van der Waals surface area contributed by atoms with Crippen molar-refractivity contribution < 1.29 is 14.5 Å². The Morgan fingerprint density at radius 3 is 2.67 bits per heavy atom. The molecule has 1 heterocycles. The summed E-state index contributed by atoms with van der Waals surface area (Å²) in [4.78, 5) is 24.7. The van der Waals surface area contributed by atoms with Crippen LogP contribution in [0.1, 0.15) is 11.1 Å². The zero-order chi connectivity index (χ0) is 15.4. The fourth-order valence-corrected chi connectivity index (χ4v) is 2.25. The third-order valence-corrected chi connectivity index (χ3v) is 3.65. The Morgan fingerprint density at radius 1 is 1.38 bits per heavy atom. The Kier molecular flexibility index (Phi) is 4.87. The lowest BCUT2D eigenvalue weighted by atomic mass is 10.1. The predicted octanol–water partition coefficient (Wildman–Crippen LogP) is 1.48. The molecule has 1 amide bonds. The van der Waals surface area contributed by atoms with Gasteiger partial charge in [-0.15, -0.1) is 0 Å². The average molecular weight is 293 g/mol. The van der Waals surface area contributed by atoms with E-state index in [9.17, 15) is 14.9 Å². The van der Waals surface area contributed by atoms with Crippen LogP contribution in [-0.2, 0) is 9.53 Å². The SMILES string of the molecule is Cc1ccc([N+](=O)[O-])c(NC(=O)CN2CCOCC2)c1C. The van der Waals surface area contributed by atoms with E-state index in [1.54, 1.807) is 13.0 Å². The molecule has 0 unspecified atom stereocenters. The molecule has 0 spiro atoms. The molecule has 7 nitrogen and oxygen atoms in total. The average Bonchev–Trinajstić information content (AvgIpc) is 2.44. The van der Waals surface area contributed by atoms with Crippen LogP contribution in [0.15, 0.2) is 12.1 Å². The second-order valence-corrected chi connectivity index (χ2v) is 5.10. The predicted molar refractivity (Wildman–Crippen MR) is 78.5 cm³/mol. The van der Waals surface area contributed by atoms with E-state index in [2.05, 4.69) is 5.32 Å². The van der Waals surface area contributed by atoms with Crippen LogP contribution in [0.3, 0.4) is 0 Å². The molecule has 1 aliphatic heterocycles. The van der Waals surface area contributed by atoms with Gasteiger partial charge < -0.3 is 10.1 Å². The van der Waals surface area contributed by atoms with Gasteiger partial charge >= 0.3 is 0 Å². The van der Waals surface area contributed by atoms with E-state index in [1.807, 2.05) is 11.8 Å². The van der Waals surface area contributed by atoms with Crippen molar-refractivity contribution in [3.05, 3.63) is 33.4 Å².